The molecule has 2 rings (SSSR count). The number of benzene rings is 1. The summed E-state index contributed by atoms with van der Waals surface area (Å²) < 4.78 is 5.45. The van der Waals surface area contributed by atoms with Crippen LogP contribution in [0.4, 0.5) is 5.69 Å². The molecule has 1 aliphatic heterocycles. The van der Waals surface area contributed by atoms with Gasteiger partial charge in [-0.25, -0.2) is 0 Å². The number of ether oxygens (including phenoxy) is 1. The summed E-state index contributed by atoms with van der Waals surface area (Å²) in [6.07, 6.45) is 0. The maximum absolute atomic E-state index is 5.45. The molecule has 2 nitrogen and oxygen atoms in total. The molecule has 1 aromatic rings. The third kappa shape index (κ3) is 4.56. The van der Waals surface area contributed by atoms with Gasteiger partial charge in [0, 0.05) is 7.05 Å². The molecule has 0 atom stereocenters. The van der Waals surface area contributed by atoms with Crippen molar-refractivity contribution in [1.29, 1.82) is 0 Å². The highest BCUT2D eigenvalue weighted by Crippen LogP contribution is 2.29. The van der Waals surface area contributed by atoms with Crippen molar-refractivity contribution in [3.8, 4) is 5.75 Å². The lowest BCUT2D eigenvalue weighted by atomic mass is 10.0. The lowest BCUT2D eigenvalue weighted by molar-refractivity contribution is 0.311. The number of rotatable bonds is 0. The van der Waals surface area contributed by atoms with Gasteiger partial charge in [-0.15, -0.1) is 0 Å². The average molecular weight is 221 g/mol. The fourth-order valence-corrected chi connectivity index (χ4v) is 1.31. The zero-order valence-corrected chi connectivity index (χ0v) is 11.1. The number of nitrogens with zero attached hydrogens (tertiary/aromatic N) is 1. The molecule has 1 aromatic carbocycles. The predicted octanol–water partition coefficient (Wildman–Crippen LogP) is 3.57. The molecule has 90 valence electrons. The summed E-state index contributed by atoms with van der Waals surface area (Å²) in [7, 11) is 2.08. The normalized spacial score (nSPS) is 14.4. The summed E-state index contributed by atoms with van der Waals surface area (Å²) >= 11 is 0. The number of anilines is 1. The van der Waals surface area contributed by atoms with Gasteiger partial charge in [0.15, 0.2) is 0 Å². The van der Waals surface area contributed by atoms with Crippen molar-refractivity contribution in [3.05, 3.63) is 24.3 Å². The van der Waals surface area contributed by atoms with Crippen LogP contribution in [0.1, 0.15) is 27.7 Å². The Morgan fingerprint density at radius 1 is 1.12 bits per heavy atom. The van der Waals surface area contributed by atoms with Crippen LogP contribution in [-0.2, 0) is 0 Å². The number of para-hydroxylation sites is 2. The molecular weight excluding hydrogens is 198 g/mol. The molecule has 16 heavy (non-hydrogen) atoms. The maximum atomic E-state index is 5.45. The van der Waals surface area contributed by atoms with Crippen LogP contribution in [0, 0.1) is 5.41 Å². The van der Waals surface area contributed by atoms with E-state index in [-0.39, 0.29) is 0 Å². The Labute approximate surface area is 99.2 Å². The molecule has 0 radical (unpaired) electrons. The number of fused-ring (bicyclic) bond motifs is 1. The van der Waals surface area contributed by atoms with Crippen LogP contribution in [0.3, 0.4) is 0 Å². The van der Waals surface area contributed by atoms with Crippen LogP contribution in [0.5, 0.6) is 5.75 Å². The van der Waals surface area contributed by atoms with E-state index in [1.165, 1.54) is 5.69 Å². The molecule has 0 amide bonds. The Morgan fingerprint density at radius 2 is 1.69 bits per heavy atom. The van der Waals surface area contributed by atoms with Crippen molar-refractivity contribution in [2.45, 2.75) is 27.7 Å². The zero-order chi connectivity index (χ0) is 12.2. The molecular formula is C14H23NO. The van der Waals surface area contributed by atoms with Gasteiger partial charge in [0.05, 0.1) is 12.2 Å². The second-order valence-corrected chi connectivity index (χ2v) is 5.74. The first-order valence-corrected chi connectivity index (χ1v) is 5.81. The molecule has 2 heteroatoms. The fourth-order valence-electron chi connectivity index (χ4n) is 1.31. The Kier molecular flexibility index (Phi) is 4.22. The molecule has 0 spiro atoms. The fraction of sp³-hybridized carbons (Fsp3) is 0.571. The lowest BCUT2D eigenvalue weighted by Crippen LogP contribution is -2.28. The summed E-state index contributed by atoms with van der Waals surface area (Å²) in [5.74, 6) is 1.00. The SMILES string of the molecule is CC(C)(C)C.CN1CCOc2ccccc21. The first-order chi connectivity index (χ1) is 7.38. The van der Waals surface area contributed by atoms with Gasteiger partial charge in [-0.1, -0.05) is 39.8 Å². The molecule has 0 fully saturated rings. The molecule has 0 bridgehead atoms. The molecule has 1 heterocycles. The van der Waals surface area contributed by atoms with Gasteiger partial charge in [-0.3, -0.25) is 0 Å². The van der Waals surface area contributed by atoms with Crippen molar-refractivity contribution < 1.29 is 4.74 Å². The lowest BCUT2D eigenvalue weighted by Gasteiger charge is -2.27. The zero-order valence-electron chi connectivity index (χ0n) is 11.1. The van der Waals surface area contributed by atoms with Crippen LogP contribution in [0.25, 0.3) is 0 Å². The Hall–Kier alpha value is -1.18. The highest BCUT2D eigenvalue weighted by Gasteiger charge is 2.12. The van der Waals surface area contributed by atoms with Crippen LogP contribution in [0.15, 0.2) is 24.3 Å². The molecule has 0 aliphatic carbocycles. The first kappa shape index (κ1) is 12.9. The molecule has 0 saturated heterocycles. The van der Waals surface area contributed by atoms with Crippen LogP contribution < -0.4 is 9.64 Å². The van der Waals surface area contributed by atoms with Crippen molar-refractivity contribution in [3.63, 3.8) is 0 Å². The highest BCUT2D eigenvalue weighted by atomic mass is 16.5. The van der Waals surface area contributed by atoms with E-state index in [1.807, 2.05) is 18.2 Å². The van der Waals surface area contributed by atoms with E-state index in [4.69, 9.17) is 4.74 Å². The monoisotopic (exact) mass is 221 g/mol. The third-order valence-corrected chi connectivity index (χ3v) is 1.96. The summed E-state index contributed by atoms with van der Waals surface area (Å²) in [6.45, 7) is 10.5. The smallest absolute Gasteiger partial charge is 0.142 e. The summed E-state index contributed by atoms with van der Waals surface area (Å²) in [4.78, 5) is 2.21. The molecule has 1 aliphatic rings. The summed E-state index contributed by atoms with van der Waals surface area (Å²) in [5, 5.41) is 0. The highest BCUT2D eigenvalue weighted by molar-refractivity contribution is 5.58. The van der Waals surface area contributed by atoms with Gasteiger partial charge in [0.25, 0.3) is 0 Å². The quantitative estimate of drug-likeness (QED) is 0.664. The second-order valence-electron chi connectivity index (χ2n) is 5.74. The second kappa shape index (κ2) is 5.24. The number of likely N-dealkylation sites (N-methyl/N-ethyl adjacent to an activating group) is 1. The van der Waals surface area contributed by atoms with Crippen molar-refractivity contribution in [1.82, 2.24) is 0 Å². The van der Waals surface area contributed by atoms with Crippen molar-refractivity contribution >= 4 is 5.69 Å². The van der Waals surface area contributed by atoms with Crippen LogP contribution in [0.2, 0.25) is 0 Å². The van der Waals surface area contributed by atoms with E-state index in [1.54, 1.807) is 0 Å². The Balaban J connectivity index is 0.000000221. The molecule has 0 aromatic heterocycles. The predicted molar refractivity (Wildman–Crippen MR) is 70.3 cm³/mol. The van der Waals surface area contributed by atoms with E-state index >= 15 is 0 Å². The standard InChI is InChI=1S/C9H11NO.C5H12/c1-10-6-7-11-9-5-3-2-4-8(9)10;1-5(2,3)4/h2-5H,6-7H2,1H3;1-4H3. The third-order valence-electron chi connectivity index (χ3n) is 1.96. The van der Waals surface area contributed by atoms with Gasteiger partial charge in [-0.05, 0) is 17.5 Å². The van der Waals surface area contributed by atoms with Gasteiger partial charge >= 0.3 is 0 Å². The minimum absolute atomic E-state index is 0.500. The topological polar surface area (TPSA) is 12.5 Å². The van der Waals surface area contributed by atoms with Crippen LogP contribution >= 0.6 is 0 Å². The Morgan fingerprint density at radius 3 is 2.25 bits per heavy atom. The number of hydrogen-bond donors (Lipinski definition) is 0. The minimum Gasteiger partial charge on any atom is -0.490 e. The molecule has 0 unspecified atom stereocenters. The summed E-state index contributed by atoms with van der Waals surface area (Å²) in [5.41, 5.74) is 1.69. The van der Waals surface area contributed by atoms with Crippen molar-refractivity contribution in [2.24, 2.45) is 5.41 Å². The average Bonchev–Trinajstić information content (AvgIpc) is 2.16. The van der Waals surface area contributed by atoms with E-state index in [9.17, 15) is 0 Å². The van der Waals surface area contributed by atoms with E-state index in [0.717, 1.165) is 18.9 Å². The van der Waals surface area contributed by atoms with Crippen LogP contribution in [-0.4, -0.2) is 20.2 Å². The first-order valence-electron chi connectivity index (χ1n) is 5.81. The van der Waals surface area contributed by atoms with Gasteiger partial charge in [0.2, 0.25) is 0 Å². The number of hydrogen-bond acceptors (Lipinski definition) is 2. The largest absolute Gasteiger partial charge is 0.490 e. The van der Waals surface area contributed by atoms with E-state index < -0.39 is 0 Å². The minimum atomic E-state index is 0.500. The molecule has 0 N–H and O–H groups in total. The Bertz CT molecular complexity index is 322. The van der Waals surface area contributed by atoms with Crippen molar-refractivity contribution in [2.75, 3.05) is 25.1 Å². The maximum Gasteiger partial charge on any atom is 0.142 e. The van der Waals surface area contributed by atoms with Gasteiger partial charge in [-0.2, -0.15) is 0 Å². The van der Waals surface area contributed by atoms with Gasteiger partial charge in [0.1, 0.15) is 12.4 Å². The van der Waals surface area contributed by atoms with E-state index in [2.05, 4.69) is 45.7 Å². The van der Waals surface area contributed by atoms with E-state index in [0.29, 0.717) is 5.41 Å². The van der Waals surface area contributed by atoms with Gasteiger partial charge < -0.3 is 9.64 Å². The summed E-state index contributed by atoms with van der Waals surface area (Å²) in [6, 6.07) is 8.11. The molecule has 0 saturated carbocycles.